The van der Waals surface area contributed by atoms with Gasteiger partial charge in [0, 0.05) is 12.5 Å². The summed E-state index contributed by atoms with van der Waals surface area (Å²) in [6.45, 7) is 2.00. The molecule has 1 atom stereocenters. The highest BCUT2D eigenvalue weighted by Crippen LogP contribution is 2.28. The molecule has 0 radical (unpaired) electrons. The van der Waals surface area contributed by atoms with Gasteiger partial charge in [-0.25, -0.2) is 0 Å². The van der Waals surface area contributed by atoms with E-state index in [1.54, 1.807) is 0 Å². The zero-order valence-electron chi connectivity index (χ0n) is 10.2. The number of rotatable bonds is 6. The Hall–Kier alpha value is -1.04. The number of nitrogens with zero attached hydrogens (tertiary/aromatic N) is 1. The Labute approximate surface area is 98.2 Å². The van der Waals surface area contributed by atoms with E-state index in [1.165, 1.54) is 25.7 Å². The van der Waals surface area contributed by atoms with Gasteiger partial charge in [-0.15, -0.1) is 0 Å². The lowest BCUT2D eigenvalue weighted by molar-refractivity contribution is -0.122. The number of carbonyl (C=O) groups is 1. The van der Waals surface area contributed by atoms with Crippen LogP contribution in [0.15, 0.2) is 0 Å². The quantitative estimate of drug-likeness (QED) is 0.751. The molecule has 1 aliphatic rings. The Kier molecular flexibility index (Phi) is 5.92. The second-order valence-electron chi connectivity index (χ2n) is 4.72. The van der Waals surface area contributed by atoms with Gasteiger partial charge in [0.25, 0.3) is 0 Å². The van der Waals surface area contributed by atoms with E-state index in [0.717, 1.165) is 18.8 Å². The van der Waals surface area contributed by atoms with Crippen LogP contribution >= 0.6 is 0 Å². The fraction of sp³-hybridized carbons (Fsp3) is 0.846. The summed E-state index contributed by atoms with van der Waals surface area (Å²) in [5.74, 6) is 0.885. The van der Waals surface area contributed by atoms with Crippen molar-refractivity contribution >= 4 is 5.91 Å². The number of hydrogen-bond acceptors (Lipinski definition) is 2. The molecule has 0 aromatic carbocycles. The second kappa shape index (κ2) is 7.27. The van der Waals surface area contributed by atoms with Crippen molar-refractivity contribution in [2.75, 3.05) is 0 Å². The van der Waals surface area contributed by atoms with E-state index in [0.29, 0.717) is 12.8 Å². The molecule has 1 saturated carbocycles. The molecule has 0 spiro atoms. The minimum absolute atomic E-state index is 0.0427. The van der Waals surface area contributed by atoms with Crippen molar-refractivity contribution in [2.24, 2.45) is 5.92 Å². The third-order valence-corrected chi connectivity index (χ3v) is 3.45. The number of hydrogen-bond donors (Lipinski definition) is 1. The summed E-state index contributed by atoms with van der Waals surface area (Å²) >= 11 is 0. The van der Waals surface area contributed by atoms with Crippen LogP contribution < -0.4 is 5.32 Å². The predicted octanol–water partition coefficient (Wildman–Crippen LogP) is 2.77. The fourth-order valence-corrected chi connectivity index (χ4v) is 2.34. The van der Waals surface area contributed by atoms with Gasteiger partial charge in [0.05, 0.1) is 12.5 Å². The monoisotopic (exact) mass is 222 g/mol. The molecule has 0 heterocycles. The second-order valence-corrected chi connectivity index (χ2v) is 4.72. The molecule has 0 aromatic heterocycles. The molecule has 0 saturated heterocycles. The van der Waals surface area contributed by atoms with Crippen LogP contribution in [0.1, 0.15) is 58.3 Å². The molecule has 1 N–H and O–H groups in total. The van der Waals surface area contributed by atoms with E-state index in [2.05, 4.69) is 11.4 Å². The number of amides is 1. The lowest BCUT2D eigenvalue weighted by Gasteiger charge is -2.14. The first-order chi connectivity index (χ1) is 7.76. The lowest BCUT2D eigenvalue weighted by atomic mass is 10.0. The van der Waals surface area contributed by atoms with Gasteiger partial charge in [-0.3, -0.25) is 4.79 Å². The molecule has 3 nitrogen and oxygen atoms in total. The smallest absolute Gasteiger partial charge is 0.220 e. The van der Waals surface area contributed by atoms with Crippen molar-refractivity contribution in [1.29, 1.82) is 5.26 Å². The number of nitrogens with one attached hydrogen (secondary N) is 1. The average molecular weight is 222 g/mol. The van der Waals surface area contributed by atoms with E-state index < -0.39 is 0 Å². The molecule has 3 heteroatoms. The van der Waals surface area contributed by atoms with E-state index >= 15 is 0 Å². The lowest BCUT2D eigenvalue weighted by Crippen LogP contribution is -2.34. The van der Waals surface area contributed by atoms with Crippen molar-refractivity contribution in [3.8, 4) is 6.07 Å². The normalized spacial score (nSPS) is 18.0. The zero-order chi connectivity index (χ0) is 11.8. The Balaban J connectivity index is 2.16. The predicted molar refractivity (Wildman–Crippen MR) is 63.6 cm³/mol. The Morgan fingerprint density at radius 2 is 2.19 bits per heavy atom. The van der Waals surface area contributed by atoms with Crippen molar-refractivity contribution in [3.63, 3.8) is 0 Å². The summed E-state index contributed by atoms with van der Waals surface area (Å²) in [5, 5.41) is 11.5. The molecule has 1 amide bonds. The highest BCUT2D eigenvalue weighted by Gasteiger charge is 2.17. The summed E-state index contributed by atoms with van der Waals surface area (Å²) in [5.41, 5.74) is 0. The van der Waals surface area contributed by atoms with Crippen LogP contribution in [0, 0.1) is 17.2 Å². The van der Waals surface area contributed by atoms with Crippen LogP contribution in [0.5, 0.6) is 0 Å². The van der Waals surface area contributed by atoms with Gasteiger partial charge in [-0.05, 0) is 18.8 Å². The molecule has 1 aliphatic carbocycles. The SMILES string of the molecule is CCC(CC#N)NC(=O)CCC1CCCC1. The minimum atomic E-state index is 0.0427. The maximum absolute atomic E-state index is 11.6. The minimum Gasteiger partial charge on any atom is -0.352 e. The van der Waals surface area contributed by atoms with Gasteiger partial charge < -0.3 is 5.32 Å². The topological polar surface area (TPSA) is 52.9 Å². The van der Waals surface area contributed by atoms with Crippen LogP contribution in [-0.4, -0.2) is 11.9 Å². The number of nitriles is 1. The third kappa shape index (κ3) is 4.65. The first-order valence-electron chi connectivity index (χ1n) is 6.42. The Bertz CT molecular complexity index is 251. The van der Waals surface area contributed by atoms with Crippen LogP contribution in [-0.2, 0) is 4.79 Å². The van der Waals surface area contributed by atoms with E-state index in [4.69, 9.17) is 5.26 Å². The summed E-state index contributed by atoms with van der Waals surface area (Å²) in [6, 6.07) is 2.15. The van der Waals surface area contributed by atoms with Crippen molar-refractivity contribution < 1.29 is 4.79 Å². The molecule has 0 aromatic rings. The molecular weight excluding hydrogens is 200 g/mol. The standard InChI is InChI=1S/C13H22N2O/c1-2-12(9-10-14)15-13(16)8-7-11-5-3-4-6-11/h11-12H,2-9H2,1H3,(H,15,16). The molecule has 1 unspecified atom stereocenters. The van der Waals surface area contributed by atoms with Gasteiger partial charge in [0.15, 0.2) is 0 Å². The highest BCUT2D eigenvalue weighted by atomic mass is 16.1. The molecule has 1 rings (SSSR count). The zero-order valence-corrected chi connectivity index (χ0v) is 10.2. The van der Waals surface area contributed by atoms with Gasteiger partial charge in [0.1, 0.15) is 0 Å². The highest BCUT2D eigenvalue weighted by molar-refractivity contribution is 5.76. The van der Waals surface area contributed by atoms with E-state index in [-0.39, 0.29) is 11.9 Å². The first kappa shape index (κ1) is 13.0. The van der Waals surface area contributed by atoms with Gasteiger partial charge in [0.2, 0.25) is 5.91 Å². The van der Waals surface area contributed by atoms with E-state index in [9.17, 15) is 4.79 Å². The molecule has 0 aliphatic heterocycles. The van der Waals surface area contributed by atoms with E-state index in [1.807, 2.05) is 6.92 Å². The molecule has 16 heavy (non-hydrogen) atoms. The first-order valence-corrected chi connectivity index (χ1v) is 6.42. The Morgan fingerprint density at radius 3 is 2.75 bits per heavy atom. The van der Waals surface area contributed by atoms with Crippen LogP contribution in [0.25, 0.3) is 0 Å². The molecule has 1 fully saturated rings. The summed E-state index contributed by atoms with van der Waals surface area (Å²) in [7, 11) is 0. The Morgan fingerprint density at radius 1 is 1.50 bits per heavy atom. The fourth-order valence-electron chi connectivity index (χ4n) is 2.34. The summed E-state index contributed by atoms with van der Waals surface area (Å²) in [6.07, 6.45) is 8.16. The maximum Gasteiger partial charge on any atom is 0.220 e. The molecule has 90 valence electrons. The molecule has 0 bridgehead atoms. The van der Waals surface area contributed by atoms with Crippen molar-refractivity contribution in [1.82, 2.24) is 5.32 Å². The average Bonchev–Trinajstić information content (AvgIpc) is 2.78. The van der Waals surface area contributed by atoms with Crippen molar-refractivity contribution in [2.45, 2.75) is 64.3 Å². The number of carbonyl (C=O) groups excluding carboxylic acids is 1. The van der Waals surface area contributed by atoms with Crippen molar-refractivity contribution in [3.05, 3.63) is 0 Å². The van der Waals surface area contributed by atoms with Gasteiger partial charge >= 0.3 is 0 Å². The summed E-state index contributed by atoms with van der Waals surface area (Å²) < 4.78 is 0. The summed E-state index contributed by atoms with van der Waals surface area (Å²) in [4.78, 5) is 11.6. The van der Waals surface area contributed by atoms with Crippen LogP contribution in [0.2, 0.25) is 0 Å². The third-order valence-electron chi connectivity index (χ3n) is 3.45. The largest absolute Gasteiger partial charge is 0.352 e. The van der Waals surface area contributed by atoms with Gasteiger partial charge in [-0.2, -0.15) is 5.26 Å². The van der Waals surface area contributed by atoms with Crippen LogP contribution in [0.3, 0.4) is 0 Å². The van der Waals surface area contributed by atoms with Crippen LogP contribution in [0.4, 0.5) is 0 Å². The molecular formula is C13H22N2O. The maximum atomic E-state index is 11.6. The van der Waals surface area contributed by atoms with Gasteiger partial charge in [-0.1, -0.05) is 32.6 Å².